The van der Waals surface area contributed by atoms with Gasteiger partial charge in [-0.25, -0.2) is 4.39 Å². The summed E-state index contributed by atoms with van der Waals surface area (Å²) >= 11 is 5.82. The van der Waals surface area contributed by atoms with Gasteiger partial charge in [0, 0.05) is 25.7 Å². The largest absolute Gasteiger partial charge is 0.435 e. The standard InChI is InChI=1S/C24H25ClF4N6O2/c1-34-18(8-17(32-34)24(27,28)29)23(37)9-12-5-11(6-13(12)10-23)20-19(21(30)35(2)33-20)22(36)31-14-3-4-16(26)15(25)7-14/h3-4,7-8,11-13,37H,5-6,9-10,30H2,1-2H3,(H,31,36). The number of aryl methyl sites for hydroxylation is 2. The van der Waals surface area contributed by atoms with Gasteiger partial charge in [0.05, 0.1) is 16.4 Å². The number of hydrogen-bond donors (Lipinski definition) is 3. The van der Waals surface area contributed by atoms with Crippen molar-refractivity contribution < 1.29 is 27.5 Å². The summed E-state index contributed by atoms with van der Waals surface area (Å²) in [6.45, 7) is 0. The van der Waals surface area contributed by atoms with Gasteiger partial charge in [-0.05, 0) is 61.8 Å². The Bertz CT molecular complexity index is 1370. The molecular weight excluding hydrogens is 516 g/mol. The molecule has 2 aromatic heterocycles. The number of alkyl halides is 3. The molecule has 5 rings (SSSR count). The van der Waals surface area contributed by atoms with Gasteiger partial charge < -0.3 is 16.2 Å². The molecule has 0 radical (unpaired) electrons. The van der Waals surface area contributed by atoms with Crippen LogP contribution in [0, 0.1) is 17.7 Å². The van der Waals surface area contributed by atoms with E-state index in [2.05, 4.69) is 15.5 Å². The summed E-state index contributed by atoms with van der Waals surface area (Å²) in [7, 11) is 3.02. The van der Waals surface area contributed by atoms with Crippen LogP contribution in [0.25, 0.3) is 0 Å². The molecule has 0 bridgehead atoms. The Balaban J connectivity index is 1.35. The summed E-state index contributed by atoms with van der Waals surface area (Å²) in [5, 5.41) is 21.9. The third kappa shape index (κ3) is 4.46. The SMILES string of the molecule is Cn1nc(C(F)(F)F)cc1C1(O)CC2CC(c3nn(C)c(N)c3C(=O)Nc3ccc(F)c(Cl)c3)CC2C1. The fourth-order valence-electron chi connectivity index (χ4n) is 5.98. The quantitative estimate of drug-likeness (QED) is 0.419. The number of amides is 1. The summed E-state index contributed by atoms with van der Waals surface area (Å²) in [5.74, 6) is -1.03. The first-order chi connectivity index (χ1) is 17.3. The number of aromatic nitrogens is 4. The van der Waals surface area contributed by atoms with E-state index in [0.29, 0.717) is 24.2 Å². The minimum absolute atomic E-state index is 0.0225. The molecule has 0 spiro atoms. The second kappa shape index (κ2) is 8.73. The second-order valence-electron chi connectivity index (χ2n) is 10.0. The Morgan fingerprint density at radius 2 is 1.81 bits per heavy atom. The van der Waals surface area contributed by atoms with Gasteiger partial charge in [0.2, 0.25) is 0 Å². The molecule has 1 aromatic carbocycles. The van der Waals surface area contributed by atoms with Gasteiger partial charge in [-0.2, -0.15) is 23.4 Å². The molecule has 2 saturated carbocycles. The van der Waals surface area contributed by atoms with Crippen LogP contribution in [0.15, 0.2) is 24.3 Å². The topological polar surface area (TPSA) is 111 Å². The van der Waals surface area contributed by atoms with Crippen LogP contribution in [0.1, 0.15) is 59.0 Å². The van der Waals surface area contributed by atoms with Crippen LogP contribution in [0.3, 0.4) is 0 Å². The Morgan fingerprint density at radius 3 is 2.38 bits per heavy atom. The lowest BCUT2D eigenvalue weighted by Gasteiger charge is -2.24. The summed E-state index contributed by atoms with van der Waals surface area (Å²) in [4.78, 5) is 13.2. The van der Waals surface area contributed by atoms with Crippen molar-refractivity contribution in [3.05, 3.63) is 57.8 Å². The smallest absolute Gasteiger partial charge is 0.384 e. The maximum atomic E-state index is 13.5. The number of halogens is 5. The molecular formula is C24H25ClF4N6O2. The van der Waals surface area contributed by atoms with Gasteiger partial charge in [0.25, 0.3) is 5.91 Å². The van der Waals surface area contributed by atoms with E-state index in [1.54, 1.807) is 7.05 Å². The third-order valence-corrected chi connectivity index (χ3v) is 7.89. The molecule has 13 heteroatoms. The number of carbonyl (C=O) groups is 1. The van der Waals surface area contributed by atoms with Crippen LogP contribution in [-0.4, -0.2) is 30.6 Å². The van der Waals surface area contributed by atoms with Crippen molar-refractivity contribution in [2.75, 3.05) is 11.1 Å². The summed E-state index contributed by atoms with van der Waals surface area (Å²) in [5.41, 5.74) is 4.90. The number of carbonyl (C=O) groups excluding carboxylic acids is 1. The van der Waals surface area contributed by atoms with Crippen molar-refractivity contribution in [3.8, 4) is 0 Å². The molecule has 3 aromatic rings. The molecule has 2 fully saturated rings. The first kappa shape index (κ1) is 25.5. The highest BCUT2D eigenvalue weighted by Crippen LogP contribution is 2.57. The zero-order valence-electron chi connectivity index (χ0n) is 20.0. The fourth-order valence-corrected chi connectivity index (χ4v) is 6.16. The normalized spacial score (nSPS) is 25.5. The molecule has 8 nitrogen and oxygen atoms in total. The Kier molecular flexibility index (Phi) is 6.02. The van der Waals surface area contributed by atoms with E-state index in [4.69, 9.17) is 17.3 Å². The molecule has 0 saturated heterocycles. The number of fused-ring (bicyclic) bond motifs is 1. The zero-order valence-corrected chi connectivity index (χ0v) is 20.7. The molecule has 2 unspecified atom stereocenters. The highest BCUT2D eigenvalue weighted by Gasteiger charge is 2.52. The van der Waals surface area contributed by atoms with E-state index < -0.39 is 29.2 Å². The maximum absolute atomic E-state index is 13.5. The van der Waals surface area contributed by atoms with Gasteiger partial charge in [0.15, 0.2) is 5.69 Å². The van der Waals surface area contributed by atoms with E-state index in [-0.39, 0.29) is 52.7 Å². The number of nitrogens with two attached hydrogens (primary N) is 1. The average Bonchev–Trinajstić information content (AvgIpc) is 3.52. The molecule has 0 aliphatic heterocycles. The summed E-state index contributed by atoms with van der Waals surface area (Å²) in [6, 6.07) is 4.74. The van der Waals surface area contributed by atoms with Crippen molar-refractivity contribution in [1.29, 1.82) is 0 Å². The maximum Gasteiger partial charge on any atom is 0.435 e. The summed E-state index contributed by atoms with van der Waals surface area (Å²) < 4.78 is 55.4. The van der Waals surface area contributed by atoms with E-state index in [0.717, 1.165) is 16.8 Å². The first-order valence-electron chi connectivity index (χ1n) is 11.7. The number of hydrogen-bond acceptors (Lipinski definition) is 5. The average molecular weight is 541 g/mol. The lowest BCUT2D eigenvalue weighted by molar-refractivity contribution is -0.141. The molecule has 4 N–H and O–H groups in total. The van der Waals surface area contributed by atoms with Crippen molar-refractivity contribution in [2.24, 2.45) is 25.9 Å². The van der Waals surface area contributed by atoms with Crippen molar-refractivity contribution >= 4 is 29.0 Å². The van der Waals surface area contributed by atoms with Crippen LogP contribution in [0.5, 0.6) is 0 Å². The van der Waals surface area contributed by atoms with Crippen LogP contribution in [-0.2, 0) is 25.9 Å². The first-order valence-corrected chi connectivity index (χ1v) is 12.1. The zero-order chi connectivity index (χ0) is 26.9. The van der Waals surface area contributed by atoms with Crippen LogP contribution >= 0.6 is 11.6 Å². The van der Waals surface area contributed by atoms with Crippen LogP contribution < -0.4 is 11.1 Å². The predicted molar refractivity (Wildman–Crippen MR) is 127 cm³/mol. The van der Waals surface area contributed by atoms with E-state index in [1.165, 1.54) is 23.9 Å². The highest BCUT2D eigenvalue weighted by atomic mass is 35.5. The number of anilines is 2. The summed E-state index contributed by atoms with van der Waals surface area (Å²) in [6.07, 6.45) is -2.85. The minimum atomic E-state index is -4.60. The number of nitrogen functional groups attached to an aromatic ring is 1. The Morgan fingerprint density at radius 1 is 1.16 bits per heavy atom. The van der Waals surface area contributed by atoms with Gasteiger partial charge in [-0.1, -0.05) is 11.6 Å². The molecule has 37 heavy (non-hydrogen) atoms. The number of rotatable bonds is 4. The van der Waals surface area contributed by atoms with E-state index >= 15 is 0 Å². The second-order valence-corrected chi connectivity index (χ2v) is 10.4. The molecule has 1 amide bonds. The predicted octanol–water partition coefficient (Wildman–Crippen LogP) is 4.59. The van der Waals surface area contributed by atoms with Crippen molar-refractivity contribution in [3.63, 3.8) is 0 Å². The number of nitrogens with one attached hydrogen (secondary N) is 1. The molecule has 2 heterocycles. The van der Waals surface area contributed by atoms with Crippen molar-refractivity contribution in [2.45, 2.75) is 43.4 Å². The van der Waals surface area contributed by atoms with Gasteiger partial charge >= 0.3 is 6.18 Å². The highest BCUT2D eigenvalue weighted by molar-refractivity contribution is 6.31. The fraction of sp³-hybridized carbons (Fsp3) is 0.458. The molecule has 2 atom stereocenters. The number of nitrogens with zero attached hydrogens (tertiary/aromatic N) is 4. The lowest BCUT2D eigenvalue weighted by Crippen LogP contribution is -2.26. The lowest BCUT2D eigenvalue weighted by atomic mass is 9.89. The van der Waals surface area contributed by atoms with E-state index in [1.807, 2.05) is 0 Å². The van der Waals surface area contributed by atoms with Gasteiger partial charge in [0.1, 0.15) is 22.8 Å². The number of aliphatic hydroxyl groups is 1. The molecule has 2 aliphatic rings. The van der Waals surface area contributed by atoms with E-state index in [9.17, 15) is 27.5 Å². The number of benzene rings is 1. The Hall–Kier alpha value is -3.12. The van der Waals surface area contributed by atoms with Crippen LogP contribution in [0.2, 0.25) is 5.02 Å². The Labute approximate surface area is 214 Å². The van der Waals surface area contributed by atoms with Crippen molar-refractivity contribution in [1.82, 2.24) is 19.6 Å². The molecule has 198 valence electrons. The van der Waals surface area contributed by atoms with Gasteiger partial charge in [-0.3, -0.25) is 14.2 Å². The monoisotopic (exact) mass is 540 g/mol. The third-order valence-electron chi connectivity index (χ3n) is 7.60. The molecule has 2 aliphatic carbocycles. The van der Waals surface area contributed by atoms with Crippen LogP contribution in [0.4, 0.5) is 29.1 Å². The van der Waals surface area contributed by atoms with Gasteiger partial charge in [-0.15, -0.1) is 0 Å². The minimum Gasteiger partial charge on any atom is -0.384 e.